The highest BCUT2D eigenvalue weighted by atomic mass is 32.1. The van der Waals surface area contributed by atoms with E-state index >= 15 is 0 Å². The summed E-state index contributed by atoms with van der Waals surface area (Å²) < 4.78 is 20.1. The van der Waals surface area contributed by atoms with Gasteiger partial charge in [-0.05, 0) is 25.1 Å². The lowest BCUT2D eigenvalue weighted by Gasteiger charge is -2.08. The number of thiazole rings is 1. The average molecular weight is 299 g/mol. The standard InChI is InChI=1S/C15H10FN3OS/c1-8-19-13-6-14(12(18)5-15(13)21-8)20-10-3-2-9(7-17)11(16)4-10/h2-6H,18H2,1H3. The lowest BCUT2D eigenvalue weighted by molar-refractivity contribution is 0.479. The van der Waals surface area contributed by atoms with Crippen molar-refractivity contribution in [3.63, 3.8) is 0 Å². The molecule has 0 spiro atoms. The summed E-state index contributed by atoms with van der Waals surface area (Å²) in [6.07, 6.45) is 0. The van der Waals surface area contributed by atoms with Crippen LogP contribution in [0.25, 0.3) is 10.2 Å². The van der Waals surface area contributed by atoms with E-state index in [2.05, 4.69) is 4.98 Å². The summed E-state index contributed by atoms with van der Waals surface area (Å²) >= 11 is 1.55. The first-order valence-electron chi connectivity index (χ1n) is 6.11. The third-order valence-corrected chi connectivity index (χ3v) is 3.85. The Morgan fingerprint density at radius 2 is 2.14 bits per heavy atom. The second-order valence-corrected chi connectivity index (χ2v) is 5.68. The smallest absolute Gasteiger partial charge is 0.152 e. The fraction of sp³-hybridized carbons (Fsp3) is 0.0667. The van der Waals surface area contributed by atoms with Crippen molar-refractivity contribution in [2.24, 2.45) is 0 Å². The molecule has 2 aromatic carbocycles. The normalized spacial score (nSPS) is 10.5. The number of fused-ring (bicyclic) bond motifs is 1. The average Bonchev–Trinajstić information content (AvgIpc) is 2.78. The molecule has 3 aromatic rings. The van der Waals surface area contributed by atoms with Crippen LogP contribution in [0.4, 0.5) is 10.1 Å². The highest BCUT2D eigenvalue weighted by Gasteiger charge is 2.10. The number of rotatable bonds is 2. The molecule has 104 valence electrons. The van der Waals surface area contributed by atoms with Crippen LogP contribution in [0.2, 0.25) is 0 Å². The largest absolute Gasteiger partial charge is 0.455 e. The molecule has 0 saturated heterocycles. The molecule has 0 atom stereocenters. The molecule has 3 rings (SSSR count). The molecule has 0 fully saturated rings. The minimum Gasteiger partial charge on any atom is -0.455 e. The van der Waals surface area contributed by atoms with Gasteiger partial charge in [0, 0.05) is 12.1 Å². The van der Waals surface area contributed by atoms with Crippen molar-refractivity contribution in [3.05, 3.63) is 46.7 Å². The molecule has 4 nitrogen and oxygen atoms in total. The Morgan fingerprint density at radius 1 is 1.33 bits per heavy atom. The number of aromatic nitrogens is 1. The quantitative estimate of drug-likeness (QED) is 0.726. The van der Waals surface area contributed by atoms with Gasteiger partial charge < -0.3 is 10.5 Å². The van der Waals surface area contributed by atoms with Gasteiger partial charge in [0.15, 0.2) is 5.75 Å². The van der Waals surface area contributed by atoms with Crippen molar-refractivity contribution in [2.75, 3.05) is 5.73 Å². The second-order valence-electron chi connectivity index (χ2n) is 4.45. The minimum absolute atomic E-state index is 0.0269. The van der Waals surface area contributed by atoms with Crippen LogP contribution in [0.3, 0.4) is 0 Å². The van der Waals surface area contributed by atoms with Gasteiger partial charge in [-0.25, -0.2) is 9.37 Å². The first-order chi connectivity index (χ1) is 10.1. The molecule has 0 radical (unpaired) electrons. The van der Waals surface area contributed by atoms with Crippen molar-refractivity contribution < 1.29 is 9.13 Å². The lowest BCUT2D eigenvalue weighted by Crippen LogP contribution is -1.93. The Kier molecular flexibility index (Phi) is 3.20. The van der Waals surface area contributed by atoms with Crippen molar-refractivity contribution in [1.82, 2.24) is 4.98 Å². The molecular weight excluding hydrogens is 289 g/mol. The van der Waals surface area contributed by atoms with Gasteiger partial charge in [0.1, 0.15) is 17.6 Å². The number of halogens is 1. The number of nitrogen functional groups attached to an aromatic ring is 1. The monoisotopic (exact) mass is 299 g/mol. The topological polar surface area (TPSA) is 71.9 Å². The zero-order chi connectivity index (χ0) is 15.0. The van der Waals surface area contributed by atoms with Crippen molar-refractivity contribution >= 4 is 27.2 Å². The van der Waals surface area contributed by atoms with Crippen molar-refractivity contribution in [3.8, 4) is 17.6 Å². The predicted molar refractivity (Wildman–Crippen MR) is 80.0 cm³/mol. The molecule has 21 heavy (non-hydrogen) atoms. The van der Waals surface area contributed by atoms with Crippen molar-refractivity contribution in [2.45, 2.75) is 6.92 Å². The first kappa shape index (κ1) is 13.3. The van der Waals surface area contributed by atoms with E-state index in [1.54, 1.807) is 29.5 Å². The molecule has 0 amide bonds. The predicted octanol–water partition coefficient (Wildman–Crippen LogP) is 3.99. The SMILES string of the molecule is Cc1nc2cc(Oc3ccc(C#N)c(F)c3)c(N)cc2s1. The minimum atomic E-state index is -0.626. The molecule has 0 saturated carbocycles. The fourth-order valence-electron chi connectivity index (χ4n) is 1.95. The molecule has 0 aliphatic heterocycles. The highest BCUT2D eigenvalue weighted by Crippen LogP contribution is 2.34. The van der Waals surface area contributed by atoms with Gasteiger partial charge >= 0.3 is 0 Å². The molecule has 1 heterocycles. The molecule has 6 heteroatoms. The molecule has 0 aliphatic rings. The third-order valence-electron chi connectivity index (χ3n) is 2.92. The number of benzene rings is 2. The van der Waals surface area contributed by atoms with Crippen molar-refractivity contribution in [1.29, 1.82) is 5.26 Å². The zero-order valence-corrected chi connectivity index (χ0v) is 11.9. The third kappa shape index (κ3) is 2.51. The second kappa shape index (κ2) is 5.04. The Bertz CT molecular complexity index is 882. The Hall–Kier alpha value is -2.65. The number of nitrogens with zero attached hydrogens (tertiary/aromatic N) is 2. The van der Waals surface area contributed by atoms with Gasteiger partial charge in [-0.2, -0.15) is 5.26 Å². The maximum Gasteiger partial charge on any atom is 0.152 e. The van der Waals surface area contributed by atoms with Gasteiger partial charge in [0.2, 0.25) is 0 Å². The highest BCUT2D eigenvalue weighted by molar-refractivity contribution is 7.18. The lowest BCUT2D eigenvalue weighted by atomic mass is 10.2. The van der Waals surface area contributed by atoms with Crippen LogP contribution >= 0.6 is 11.3 Å². The van der Waals surface area contributed by atoms with E-state index in [4.69, 9.17) is 15.7 Å². The van der Waals surface area contributed by atoms with E-state index in [1.807, 2.05) is 6.92 Å². The van der Waals surface area contributed by atoms with E-state index in [1.165, 1.54) is 12.1 Å². The molecule has 0 bridgehead atoms. The van der Waals surface area contributed by atoms with E-state index in [0.29, 0.717) is 11.4 Å². The van der Waals surface area contributed by atoms with Gasteiger partial charge in [0.25, 0.3) is 0 Å². The maximum atomic E-state index is 13.6. The van der Waals surface area contributed by atoms with E-state index in [-0.39, 0.29) is 11.3 Å². The van der Waals surface area contributed by atoms with Crippen LogP contribution in [0.1, 0.15) is 10.6 Å². The fourth-order valence-corrected chi connectivity index (χ4v) is 2.81. The Morgan fingerprint density at radius 3 is 2.86 bits per heavy atom. The maximum absolute atomic E-state index is 13.6. The van der Waals surface area contributed by atoms with Crippen LogP contribution in [0.15, 0.2) is 30.3 Å². The van der Waals surface area contributed by atoms with E-state index in [9.17, 15) is 4.39 Å². The summed E-state index contributed by atoms with van der Waals surface area (Å²) in [4.78, 5) is 4.37. The number of anilines is 1. The van der Waals surface area contributed by atoms with Crippen LogP contribution < -0.4 is 10.5 Å². The van der Waals surface area contributed by atoms with Gasteiger partial charge in [-0.3, -0.25) is 0 Å². The summed E-state index contributed by atoms with van der Waals surface area (Å²) in [5.74, 6) is 0.0700. The van der Waals surface area contributed by atoms with Gasteiger partial charge in [0.05, 0.1) is 26.5 Å². The van der Waals surface area contributed by atoms with Gasteiger partial charge in [-0.15, -0.1) is 11.3 Å². The van der Waals surface area contributed by atoms with Crippen LogP contribution in [-0.2, 0) is 0 Å². The number of nitrogens with two attached hydrogens (primary N) is 1. The Balaban J connectivity index is 1.99. The number of aryl methyl sites for hydroxylation is 1. The van der Waals surface area contributed by atoms with E-state index < -0.39 is 5.82 Å². The summed E-state index contributed by atoms with van der Waals surface area (Å²) in [6, 6.07) is 9.33. The molecule has 2 N–H and O–H groups in total. The van der Waals surface area contributed by atoms with Gasteiger partial charge in [-0.1, -0.05) is 0 Å². The molecular formula is C15H10FN3OS. The first-order valence-corrected chi connectivity index (χ1v) is 6.92. The van der Waals surface area contributed by atoms with E-state index in [0.717, 1.165) is 21.3 Å². The number of nitriles is 1. The number of hydrogen-bond donors (Lipinski definition) is 1. The molecule has 0 aliphatic carbocycles. The summed E-state index contributed by atoms with van der Waals surface area (Å²) in [6.45, 7) is 1.91. The van der Waals surface area contributed by atoms with Crippen LogP contribution in [0, 0.1) is 24.1 Å². The summed E-state index contributed by atoms with van der Waals surface area (Å²) in [5, 5.41) is 9.64. The zero-order valence-electron chi connectivity index (χ0n) is 11.1. The van der Waals surface area contributed by atoms with Crippen LogP contribution in [-0.4, -0.2) is 4.98 Å². The van der Waals surface area contributed by atoms with Crippen LogP contribution in [0.5, 0.6) is 11.5 Å². The Labute approximate surface area is 124 Å². The summed E-state index contributed by atoms with van der Waals surface area (Å²) in [7, 11) is 0. The number of ether oxygens (including phenoxy) is 1. The summed E-state index contributed by atoms with van der Waals surface area (Å²) in [5.41, 5.74) is 7.16. The number of hydrogen-bond acceptors (Lipinski definition) is 5. The molecule has 0 unspecified atom stereocenters. The molecule has 1 aromatic heterocycles.